The van der Waals surface area contributed by atoms with Crippen LogP contribution in [0.5, 0.6) is 0 Å². The molecule has 0 aromatic rings. The normalized spacial score (nSPS) is 27.1. The highest BCUT2D eigenvalue weighted by atomic mass is 79.9. The van der Waals surface area contributed by atoms with Crippen LogP contribution in [-0.4, -0.2) is 40.4 Å². The quantitative estimate of drug-likeness (QED) is 0.673. The van der Waals surface area contributed by atoms with Gasteiger partial charge in [0.05, 0.1) is 6.54 Å². The standard InChI is InChI=1S/C6H10BrNO2/c7-5-1-2-8(3-5)4-6(9)10/h5H,1-4H2,(H,9,10). The fourth-order valence-electron chi connectivity index (χ4n) is 1.12. The summed E-state index contributed by atoms with van der Waals surface area (Å²) < 4.78 is 0. The van der Waals surface area contributed by atoms with E-state index in [2.05, 4.69) is 15.9 Å². The molecule has 0 aliphatic carbocycles. The molecule has 1 rings (SSSR count). The second-order valence-corrected chi connectivity index (χ2v) is 3.81. The van der Waals surface area contributed by atoms with Crippen LogP contribution in [0, 0.1) is 0 Å². The van der Waals surface area contributed by atoms with Gasteiger partial charge in [-0.05, 0) is 13.0 Å². The maximum absolute atomic E-state index is 10.2. The molecule has 3 nitrogen and oxygen atoms in total. The molecule has 58 valence electrons. The molecular weight excluding hydrogens is 198 g/mol. The van der Waals surface area contributed by atoms with E-state index in [9.17, 15) is 4.79 Å². The number of hydrogen-bond donors (Lipinski definition) is 1. The molecular formula is C6H10BrNO2. The molecule has 1 N–H and O–H groups in total. The summed E-state index contributed by atoms with van der Waals surface area (Å²) >= 11 is 3.43. The van der Waals surface area contributed by atoms with Crippen molar-refractivity contribution in [3.05, 3.63) is 0 Å². The molecule has 0 aromatic heterocycles. The van der Waals surface area contributed by atoms with Crippen LogP contribution in [0.4, 0.5) is 0 Å². The van der Waals surface area contributed by atoms with Gasteiger partial charge in [0.2, 0.25) is 0 Å². The molecule has 0 radical (unpaired) electrons. The lowest BCUT2D eigenvalue weighted by Gasteiger charge is -2.09. The van der Waals surface area contributed by atoms with Gasteiger partial charge in [-0.15, -0.1) is 0 Å². The van der Waals surface area contributed by atoms with Gasteiger partial charge in [-0.3, -0.25) is 9.69 Å². The third kappa shape index (κ3) is 2.27. The van der Waals surface area contributed by atoms with Gasteiger partial charge in [-0.2, -0.15) is 0 Å². The van der Waals surface area contributed by atoms with Gasteiger partial charge in [-0.25, -0.2) is 0 Å². The third-order valence-corrected chi connectivity index (χ3v) is 2.32. The minimum atomic E-state index is -0.735. The van der Waals surface area contributed by atoms with Crippen LogP contribution in [0.1, 0.15) is 6.42 Å². The van der Waals surface area contributed by atoms with Gasteiger partial charge in [0.25, 0.3) is 0 Å². The molecule has 1 fully saturated rings. The zero-order valence-corrected chi connectivity index (χ0v) is 7.17. The van der Waals surface area contributed by atoms with Gasteiger partial charge in [0.15, 0.2) is 0 Å². The van der Waals surface area contributed by atoms with Crippen LogP contribution in [0.15, 0.2) is 0 Å². The molecule has 0 amide bonds. The topological polar surface area (TPSA) is 40.5 Å². The molecule has 4 heteroatoms. The van der Waals surface area contributed by atoms with Crippen LogP contribution < -0.4 is 0 Å². The Morgan fingerprint density at radius 1 is 1.80 bits per heavy atom. The number of likely N-dealkylation sites (tertiary alicyclic amines) is 1. The Bertz CT molecular complexity index is 140. The Balaban J connectivity index is 2.24. The van der Waals surface area contributed by atoms with Crippen LogP contribution >= 0.6 is 15.9 Å². The monoisotopic (exact) mass is 207 g/mol. The fraction of sp³-hybridized carbons (Fsp3) is 0.833. The first-order chi connectivity index (χ1) is 4.68. The molecule has 1 heterocycles. The second kappa shape index (κ2) is 3.34. The number of nitrogens with zero attached hydrogens (tertiary/aromatic N) is 1. The van der Waals surface area contributed by atoms with E-state index in [4.69, 9.17) is 5.11 Å². The number of hydrogen-bond acceptors (Lipinski definition) is 2. The van der Waals surface area contributed by atoms with E-state index in [-0.39, 0.29) is 6.54 Å². The minimum absolute atomic E-state index is 0.183. The first kappa shape index (κ1) is 8.01. The molecule has 0 spiro atoms. The molecule has 1 aliphatic heterocycles. The summed E-state index contributed by atoms with van der Waals surface area (Å²) in [5.41, 5.74) is 0. The smallest absolute Gasteiger partial charge is 0.317 e. The van der Waals surface area contributed by atoms with Gasteiger partial charge >= 0.3 is 5.97 Å². The first-order valence-electron chi connectivity index (χ1n) is 3.26. The van der Waals surface area contributed by atoms with Gasteiger partial charge in [0, 0.05) is 11.4 Å². The average molecular weight is 208 g/mol. The second-order valence-electron chi connectivity index (χ2n) is 2.51. The molecule has 1 saturated heterocycles. The predicted octanol–water partition coefficient (Wildman–Crippen LogP) is 0.540. The van der Waals surface area contributed by atoms with Crippen molar-refractivity contribution >= 4 is 21.9 Å². The number of rotatable bonds is 2. The Morgan fingerprint density at radius 3 is 2.90 bits per heavy atom. The summed E-state index contributed by atoms with van der Waals surface area (Å²) in [6, 6.07) is 0. The maximum Gasteiger partial charge on any atom is 0.317 e. The van der Waals surface area contributed by atoms with Gasteiger partial charge in [-0.1, -0.05) is 15.9 Å². The van der Waals surface area contributed by atoms with Crippen LogP contribution in [0.3, 0.4) is 0 Å². The summed E-state index contributed by atoms with van der Waals surface area (Å²) in [4.78, 5) is 12.6. The molecule has 10 heavy (non-hydrogen) atoms. The summed E-state index contributed by atoms with van der Waals surface area (Å²) in [6.45, 7) is 1.95. The SMILES string of the molecule is O=C(O)CN1CCC(Br)C1. The number of carbonyl (C=O) groups is 1. The van der Waals surface area contributed by atoms with E-state index < -0.39 is 5.97 Å². The number of carboxylic acids is 1. The first-order valence-corrected chi connectivity index (χ1v) is 4.18. The van der Waals surface area contributed by atoms with Crippen LogP contribution in [0.25, 0.3) is 0 Å². The largest absolute Gasteiger partial charge is 0.480 e. The lowest BCUT2D eigenvalue weighted by Crippen LogP contribution is -2.27. The van der Waals surface area contributed by atoms with Crippen molar-refractivity contribution in [1.82, 2.24) is 4.90 Å². The lowest BCUT2D eigenvalue weighted by atomic mass is 10.4. The van der Waals surface area contributed by atoms with E-state index in [1.165, 1.54) is 0 Å². The molecule has 1 aliphatic rings. The van der Waals surface area contributed by atoms with Crippen molar-refractivity contribution in [2.75, 3.05) is 19.6 Å². The van der Waals surface area contributed by atoms with Gasteiger partial charge < -0.3 is 5.11 Å². The highest BCUT2D eigenvalue weighted by Crippen LogP contribution is 2.15. The number of aliphatic carboxylic acids is 1. The maximum atomic E-state index is 10.2. The zero-order valence-electron chi connectivity index (χ0n) is 5.59. The Morgan fingerprint density at radius 2 is 2.50 bits per heavy atom. The number of halogens is 1. The van der Waals surface area contributed by atoms with Gasteiger partial charge in [0.1, 0.15) is 0 Å². The molecule has 0 aromatic carbocycles. The van der Waals surface area contributed by atoms with Crippen molar-refractivity contribution in [1.29, 1.82) is 0 Å². The Hall–Kier alpha value is -0.0900. The van der Waals surface area contributed by atoms with E-state index in [1.807, 2.05) is 4.90 Å². The predicted molar refractivity (Wildman–Crippen MR) is 41.4 cm³/mol. The van der Waals surface area contributed by atoms with Crippen LogP contribution in [0.2, 0.25) is 0 Å². The van der Waals surface area contributed by atoms with Crippen molar-refractivity contribution in [2.24, 2.45) is 0 Å². The Labute approximate surface area is 68.1 Å². The summed E-state index contributed by atoms with van der Waals surface area (Å²) in [7, 11) is 0. The minimum Gasteiger partial charge on any atom is -0.480 e. The third-order valence-electron chi connectivity index (χ3n) is 1.57. The number of alkyl halides is 1. The number of carboxylic acid groups (broad SMARTS) is 1. The summed E-state index contributed by atoms with van der Waals surface area (Å²) in [5, 5.41) is 8.40. The highest BCUT2D eigenvalue weighted by Gasteiger charge is 2.20. The lowest BCUT2D eigenvalue weighted by molar-refractivity contribution is -0.138. The van der Waals surface area contributed by atoms with Crippen LogP contribution in [-0.2, 0) is 4.79 Å². The van der Waals surface area contributed by atoms with E-state index in [1.54, 1.807) is 0 Å². The van der Waals surface area contributed by atoms with Crippen molar-refractivity contribution in [3.63, 3.8) is 0 Å². The molecule has 1 unspecified atom stereocenters. The van der Waals surface area contributed by atoms with E-state index >= 15 is 0 Å². The molecule has 1 atom stereocenters. The van der Waals surface area contributed by atoms with Crippen molar-refractivity contribution in [2.45, 2.75) is 11.2 Å². The summed E-state index contributed by atoms with van der Waals surface area (Å²) in [5.74, 6) is -0.735. The molecule has 0 saturated carbocycles. The fourth-order valence-corrected chi connectivity index (χ4v) is 1.73. The van der Waals surface area contributed by atoms with E-state index in [0.717, 1.165) is 19.5 Å². The van der Waals surface area contributed by atoms with Crippen molar-refractivity contribution in [3.8, 4) is 0 Å². The molecule has 0 bridgehead atoms. The van der Waals surface area contributed by atoms with Crippen molar-refractivity contribution < 1.29 is 9.90 Å². The van der Waals surface area contributed by atoms with E-state index in [0.29, 0.717) is 4.83 Å². The average Bonchev–Trinajstić information content (AvgIpc) is 2.13. The Kier molecular flexibility index (Phi) is 2.68. The highest BCUT2D eigenvalue weighted by molar-refractivity contribution is 9.09. The summed E-state index contributed by atoms with van der Waals surface area (Å²) in [6.07, 6.45) is 1.06. The zero-order chi connectivity index (χ0) is 7.56.